The van der Waals surface area contributed by atoms with Crippen molar-refractivity contribution in [3.05, 3.63) is 0 Å². The molecule has 3 heteroatoms. The molecule has 0 aromatic rings. The topological polar surface area (TPSA) is 49.3 Å². The molecule has 2 fully saturated rings. The van der Waals surface area contributed by atoms with E-state index in [9.17, 15) is 4.79 Å². The maximum atomic E-state index is 11.1. The number of hydrogen-bond donors (Lipinski definition) is 2. The SMILES string of the molecule is O=C(O)CC1(C2CCCCC2)CCCNC1. The fourth-order valence-corrected chi connectivity index (χ4v) is 3.65. The molecule has 0 bridgehead atoms. The van der Waals surface area contributed by atoms with Crippen LogP contribution < -0.4 is 5.32 Å². The molecule has 1 heterocycles. The van der Waals surface area contributed by atoms with Gasteiger partial charge in [0, 0.05) is 6.54 Å². The van der Waals surface area contributed by atoms with Crippen LogP contribution in [0.5, 0.6) is 0 Å². The summed E-state index contributed by atoms with van der Waals surface area (Å²) < 4.78 is 0. The van der Waals surface area contributed by atoms with Crippen LogP contribution in [0.1, 0.15) is 51.4 Å². The van der Waals surface area contributed by atoms with Crippen LogP contribution in [0.25, 0.3) is 0 Å². The van der Waals surface area contributed by atoms with Crippen molar-refractivity contribution in [1.29, 1.82) is 0 Å². The third-order valence-electron chi connectivity index (χ3n) is 4.48. The summed E-state index contributed by atoms with van der Waals surface area (Å²) in [7, 11) is 0. The number of carbonyl (C=O) groups is 1. The van der Waals surface area contributed by atoms with Gasteiger partial charge in [0.05, 0.1) is 6.42 Å². The van der Waals surface area contributed by atoms with Gasteiger partial charge in [0.2, 0.25) is 0 Å². The fourth-order valence-electron chi connectivity index (χ4n) is 3.65. The lowest BCUT2D eigenvalue weighted by molar-refractivity contribution is -0.141. The highest BCUT2D eigenvalue weighted by atomic mass is 16.4. The lowest BCUT2D eigenvalue weighted by atomic mass is 9.63. The molecular weight excluding hydrogens is 202 g/mol. The molecule has 2 aliphatic rings. The normalized spacial score (nSPS) is 32.5. The second kappa shape index (κ2) is 5.17. The molecule has 0 spiro atoms. The molecule has 1 saturated carbocycles. The van der Waals surface area contributed by atoms with Gasteiger partial charge >= 0.3 is 5.97 Å². The first-order valence-corrected chi connectivity index (χ1v) is 6.65. The highest BCUT2D eigenvalue weighted by Crippen LogP contribution is 2.45. The Labute approximate surface area is 97.6 Å². The van der Waals surface area contributed by atoms with Gasteiger partial charge in [0.1, 0.15) is 0 Å². The van der Waals surface area contributed by atoms with E-state index >= 15 is 0 Å². The predicted octanol–water partition coefficient (Wildman–Crippen LogP) is 2.41. The number of rotatable bonds is 3. The van der Waals surface area contributed by atoms with Crippen LogP contribution in [0.15, 0.2) is 0 Å². The van der Waals surface area contributed by atoms with E-state index in [4.69, 9.17) is 5.11 Å². The Morgan fingerprint density at radius 2 is 2.00 bits per heavy atom. The monoisotopic (exact) mass is 225 g/mol. The second-order valence-corrected chi connectivity index (χ2v) is 5.55. The van der Waals surface area contributed by atoms with Crippen LogP contribution in [0.2, 0.25) is 0 Å². The molecule has 2 rings (SSSR count). The van der Waals surface area contributed by atoms with E-state index in [2.05, 4.69) is 5.32 Å². The minimum Gasteiger partial charge on any atom is -0.481 e. The van der Waals surface area contributed by atoms with Crippen molar-refractivity contribution >= 4 is 5.97 Å². The highest BCUT2D eigenvalue weighted by Gasteiger charge is 2.41. The first-order chi connectivity index (χ1) is 7.73. The van der Waals surface area contributed by atoms with Crippen LogP contribution in [-0.4, -0.2) is 24.2 Å². The lowest BCUT2D eigenvalue weighted by Gasteiger charge is -2.44. The van der Waals surface area contributed by atoms with Crippen LogP contribution in [0.3, 0.4) is 0 Å². The number of hydrogen-bond acceptors (Lipinski definition) is 2. The molecule has 16 heavy (non-hydrogen) atoms. The average molecular weight is 225 g/mol. The molecule has 1 unspecified atom stereocenters. The summed E-state index contributed by atoms with van der Waals surface area (Å²) in [5, 5.41) is 12.5. The Morgan fingerprint density at radius 1 is 1.25 bits per heavy atom. The Morgan fingerprint density at radius 3 is 2.56 bits per heavy atom. The summed E-state index contributed by atoms with van der Waals surface area (Å²) in [6, 6.07) is 0. The van der Waals surface area contributed by atoms with Crippen molar-refractivity contribution in [2.75, 3.05) is 13.1 Å². The van der Waals surface area contributed by atoms with Gasteiger partial charge < -0.3 is 10.4 Å². The van der Waals surface area contributed by atoms with Crippen LogP contribution in [0, 0.1) is 11.3 Å². The van der Waals surface area contributed by atoms with Gasteiger partial charge in [-0.05, 0) is 43.6 Å². The van der Waals surface area contributed by atoms with E-state index in [1.54, 1.807) is 0 Å². The van der Waals surface area contributed by atoms with Gasteiger partial charge in [-0.15, -0.1) is 0 Å². The Balaban J connectivity index is 2.07. The minimum atomic E-state index is -0.616. The molecule has 0 amide bonds. The summed E-state index contributed by atoms with van der Waals surface area (Å²) >= 11 is 0. The smallest absolute Gasteiger partial charge is 0.303 e. The molecule has 0 radical (unpaired) electrons. The molecule has 1 saturated heterocycles. The van der Waals surface area contributed by atoms with Crippen molar-refractivity contribution in [3.63, 3.8) is 0 Å². The minimum absolute atomic E-state index is 0.0600. The van der Waals surface area contributed by atoms with Gasteiger partial charge in [0.25, 0.3) is 0 Å². The largest absolute Gasteiger partial charge is 0.481 e. The van der Waals surface area contributed by atoms with Gasteiger partial charge in [0.15, 0.2) is 0 Å². The van der Waals surface area contributed by atoms with Crippen LogP contribution in [-0.2, 0) is 4.79 Å². The van der Waals surface area contributed by atoms with E-state index in [-0.39, 0.29) is 5.41 Å². The van der Waals surface area contributed by atoms with E-state index in [1.165, 1.54) is 32.1 Å². The second-order valence-electron chi connectivity index (χ2n) is 5.55. The molecular formula is C13H23NO2. The summed E-state index contributed by atoms with van der Waals surface area (Å²) in [4.78, 5) is 11.1. The van der Waals surface area contributed by atoms with Crippen molar-refractivity contribution in [1.82, 2.24) is 5.32 Å². The lowest BCUT2D eigenvalue weighted by Crippen LogP contribution is -2.46. The maximum absolute atomic E-state index is 11.1. The van der Waals surface area contributed by atoms with Crippen LogP contribution >= 0.6 is 0 Å². The Kier molecular flexibility index (Phi) is 3.85. The quantitative estimate of drug-likeness (QED) is 0.775. The van der Waals surface area contributed by atoms with E-state index in [1.807, 2.05) is 0 Å². The van der Waals surface area contributed by atoms with Gasteiger partial charge in [-0.2, -0.15) is 0 Å². The molecule has 0 aromatic carbocycles. The predicted molar refractivity (Wildman–Crippen MR) is 63.4 cm³/mol. The molecule has 0 aromatic heterocycles. The third-order valence-corrected chi connectivity index (χ3v) is 4.48. The number of piperidine rings is 1. The van der Waals surface area contributed by atoms with E-state index in [0.717, 1.165) is 25.9 Å². The highest BCUT2D eigenvalue weighted by molar-refractivity contribution is 5.67. The molecule has 1 aliphatic heterocycles. The number of carboxylic acid groups (broad SMARTS) is 1. The Bertz CT molecular complexity index is 240. The summed E-state index contributed by atoms with van der Waals surface area (Å²) in [5.74, 6) is 0.0272. The van der Waals surface area contributed by atoms with Crippen molar-refractivity contribution in [2.24, 2.45) is 11.3 Å². The Hall–Kier alpha value is -0.570. The van der Waals surface area contributed by atoms with Gasteiger partial charge in [-0.1, -0.05) is 19.3 Å². The standard InChI is InChI=1S/C13H23NO2/c15-12(16)9-13(7-4-8-14-10-13)11-5-2-1-3-6-11/h11,14H,1-10H2,(H,15,16). The van der Waals surface area contributed by atoms with Crippen molar-refractivity contribution in [2.45, 2.75) is 51.4 Å². The number of nitrogens with one attached hydrogen (secondary N) is 1. The van der Waals surface area contributed by atoms with Crippen molar-refractivity contribution in [3.8, 4) is 0 Å². The van der Waals surface area contributed by atoms with Crippen molar-refractivity contribution < 1.29 is 9.90 Å². The fraction of sp³-hybridized carbons (Fsp3) is 0.923. The van der Waals surface area contributed by atoms with Gasteiger partial charge in [-0.3, -0.25) is 4.79 Å². The molecule has 92 valence electrons. The zero-order chi connectivity index (χ0) is 11.4. The number of aliphatic carboxylic acids is 1. The van der Waals surface area contributed by atoms with E-state index in [0.29, 0.717) is 12.3 Å². The zero-order valence-corrected chi connectivity index (χ0v) is 10.0. The summed E-state index contributed by atoms with van der Waals surface area (Å²) in [6.07, 6.45) is 9.04. The van der Waals surface area contributed by atoms with Crippen LogP contribution in [0.4, 0.5) is 0 Å². The zero-order valence-electron chi connectivity index (χ0n) is 10.0. The third kappa shape index (κ3) is 2.57. The summed E-state index contributed by atoms with van der Waals surface area (Å²) in [6.45, 7) is 1.98. The summed E-state index contributed by atoms with van der Waals surface area (Å²) in [5.41, 5.74) is 0.0600. The first kappa shape index (κ1) is 11.9. The average Bonchev–Trinajstić information content (AvgIpc) is 2.30. The maximum Gasteiger partial charge on any atom is 0.303 e. The molecule has 1 aliphatic carbocycles. The van der Waals surface area contributed by atoms with Gasteiger partial charge in [-0.25, -0.2) is 0 Å². The molecule has 1 atom stereocenters. The number of carboxylic acids is 1. The molecule has 2 N–H and O–H groups in total. The molecule has 3 nitrogen and oxygen atoms in total. The van der Waals surface area contributed by atoms with E-state index < -0.39 is 5.97 Å². The first-order valence-electron chi connectivity index (χ1n) is 6.65.